The number of unbranched alkanes of at least 4 members (excludes halogenated alkanes) is 53. The number of phosphoric acid groups is 1. The summed E-state index contributed by atoms with van der Waals surface area (Å²) in [4.78, 5) is 38.0. The fourth-order valence-corrected chi connectivity index (χ4v) is 12.8. The number of hydrogen-bond acceptors (Lipinski definition) is 6. The van der Waals surface area contributed by atoms with E-state index in [1.165, 1.54) is 308 Å². The second-order valence-corrected chi connectivity index (χ2v) is 29.7. The van der Waals surface area contributed by atoms with Crippen LogP contribution in [-0.4, -0.2) is 74.3 Å². The van der Waals surface area contributed by atoms with Crippen LogP contribution >= 0.6 is 7.82 Å². The number of esters is 1. The molecule has 0 spiro atoms. The summed E-state index contributed by atoms with van der Waals surface area (Å²) in [5, 5.41) is 3.09. The van der Waals surface area contributed by atoms with Crippen molar-refractivity contribution >= 4 is 19.7 Å². The van der Waals surface area contributed by atoms with Crippen molar-refractivity contribution in [2.24, 2.45) is 0 Å². The molecule has 0 aliphatic rings. The number of nitrogens with one attached hydrogen (secondary N) is 1. The Morgan fingerprint density at radius 2 is 0.685 bits per heavy atom. The van der Waals surface area contributed by atoms with Gasteiger partial charge in [-0.25, -0.2) is 4.57 Å². The first-order valence-electron chi connectivity index (χ1n) is 39.3. The monoisotopic (exact) mass is 1270 g/mol. The zero-order chi connectivity index (χ0) is 64.9. The van der Waals surface area contributed by atoms with Gasteiger partial charge in [0.25, 0.3) is 0 Å². The number of carbonyl (C=O) groups excluding carboxylic acids is 2. The molecule has 526 valence electrons. The van der Waals surface area contributed by atoms with E-state index in [9.17, 15) is 19.0 Å². The van der Waals surface area contributed by atoms with Crippen LogP contribution in [-0.2, 0) is 27.9 Å². The second-order valence-electron chi connectivity index (χ2n) is 28.2. The molecule has 10 heteroatoms. The van der Waals surface area contributed by atoms with Crippen molar-refractivity contribution in [3.63, 3.8) is 0 Å². The lowest BCUT2D eigenvalue weighted by Gasteiger charge is -2.27. The maximum absolute atomic E-state index is 13.7. The maximum atomic E-state index is 13.7. The molecule has 0 aliphatic heterocycles. The third-order valence-electron chi connectivity index (χ3n) is 18.1. The van der Waals surface area contributed by atoms with Gasteiger partial charge < -0.3 is 19.4 Å². The van der Waals surface area contributed by atoms with Gasteiger partial charge in [0.05, 0.1) is 33.8 Å². The average molecular weight is 1280 g/mol. The Morgan fingerprint density at radius 1 is 0.393 bits per heavy atom. The summed E-state index contributed by atoms with van der Waals surface area (Å²) in [5.41, 5.74) is 0. The van der Waals surface area contributed by atoms with Crippen molar-refractivity contribution in [2.75, 3.05) is 40.9 Å². The molecular formula is C79H154N2O7P+. The first-order chi connectivity index (χ1) is 43.4. The number of likely N-dealkylation sites (N-methyl/N-ethyl adjacent to an activating group) is 1. The highest BCUT2D eigenvalue weighted by molar-refractivity contribution is 7.47. The molecule has 2 N–H and O–H groups in total. The van der Waals surface area contributed by atoms with Crippen LogP contribution in [0.1, 0.15) is 406 Å². The molecule has 3 unspecified atom stereocenters. The summed E-state index contributed by atoms with van der Waals surface area (Å²) < 4.78 is 30.9. The fourth-order valence-electron chi connectivity index (χ4n) is 12.0. The van der Waals surface area contributed by atoms with E-state index in [1.807, 2.05) is 27.2 Å². The Labute approximate surface area is 555 Å². The summed E-state index contributed by atoms with van der Waals surface area (Å²) in [6.45, 7) is 7.07. The van der Waals surface area contributed by atoms with Gasteiger partial charge in [-0.3, -0.25) is 18.6 Å². The summed E-state index contributed by atoms with van der Waals surface area (Å²) in [6, 6.07) is -0.845. The number of nitrogens with zero attached hydrogens (tertiary/aromatic N) is 1. The van der Waals surface area contributed by atoms with Crippen LogP contribution in [0.4, 0.5) is 0 Å². The molecule has 9 nitrogen and oxygen atoms in total. The van der Waals surface area contributed by atoms with Crippen molar-refractivity contribution < 1.29 is 37.3 Å². The van der Waals surface area contributed by atoms with Crippen LogP contribution < -0.4 is 5.32 Å². The van der Waals surface area contributed by atoms with Gasteiger partial charge in [0.2, 0.25) is 5.91 Å². The molecule has 0 fully saturated rings. The Kier molecular flexibility index (Phi) is 67.7. The van der Waals surface area contributed by atoms with Crippen LogP contribution in [0.5, 0.6) is 0 Å². The largest absolute Gasteiger partial charge is 0.472 e. The average Bonchev–Trinajstić information content (AvgIpc) is 3.54. The highest BCUT2D eigenvalue weighted by atomic mass is 31.2. The van der Waals surface area contributed by atoms with Crippen molar-refractivity contribution in [3.8, 4) is 0 Å². The molecule has 0 heterocycles. The van der Waals surface area contributed by atoms with Crippen molar-refractivity contribution in [1.29, 1.82) is 0 Å². The molecule has 0 aromatic heterocycles. The van der Waals surface area contributed by atoms with Gasteiger partial charge in [-0.15, -0.1) is 0 Å². The number of carbonyl (C=O) groups is 2. The number of phosphoric ester groups is 1. The number of allylic oxidation sites excluding steroid dienone is 5. The summed E-state index contributed by atoms with van der Waals surface area (Å²) in [5.74, 6) is -0.479. The van der Waals surface area contributed by atoms with E-state index in [-0.39, 0.29) is 25.1 Å². The summed E-state index contributed by atoms with van der Waals surface area (Å²) >= 11 is 0. The lowest BCUT2D eigenvalue weighted by atomic mass is 10.0. The quantitative estimate of drug-likeness (QED) is 0.0205. The van der Waals surface area contributed by atoms with Crippen molar-refractivity contribution in [3.05, 3.63) is 36.5 Å². The molecule has 3 atom stereocenters. The molecule has 0 aromatic rings. The molecule has 0 aromatic carbocycles. The van der Waals surface area contributed by atoms with E-state index < -0.39 is 20.0 Å². The van der Waals surface area contributed by atoms with Crippen molar-refractivity contribution in [2.45, 2.75) is 418 Å². The standard InChI is InChI=1S/C79H153N2O7P/c1-7-10-13-16-19-22-25-28-30-32-34-36-38-40-42-44-46-48-50-53-56-59-62-65-68-71-78(82)80-76(75-87-89(84,85)86-74-73-81(4,5)6)77(70-67-64-61-58-55-52-27-24-21-18-15-12-9-3)88-79(83)72-69-66-63-60-57-54-51-49-47-45-43-41-39-37-35-33-31-29-26-23-20-17-14-11-8-2/h20,23,29,31,67,70,76-77H,7-19,21-22,24-28,30,32-66,68-69,71-75H2,1-6H3,(H-,80,82,84,85)/p+1/b23-20-,31-29-,70-67+. The van der Waals surface area contributed by atoms with Crippen LogP contribution in [0.25, 0.3) is 0 Å². The van der Waals surface area contributed by atoms with E-state index in [1.54, 1.807) is 0 Å². The van der Waals surface area contributed by atoms with E-state index in [0.29, 0.717) is 23.9 Å². The first-order valence-corrected chi connectivity index (χ1v) is 40.8. The zero-order valence-corrected chi connectivity index (χ0v) is 61.4. The third kappa shape index (κ3) is 70.4. The summed E-state index contributed by atoms with van der Waals surface area (Å²) in [7, 11) is 1.52. The molecular weight excluding hydrogens is 1120 g/mol. The smallest absolute Gasteiger partial charge is 0.456 e. The van der Waals surface area contributed by atoms with E-state index in [0.717, 1.165) is 64.2 Å². The Bertz CT molecular complexity index is 1610. The van der Waals surface area contributed by atoms with Gasteiger partial charge in [0.1, 0.15) is 19.3 Å². The lowest BCUT2D eigenvalue weighted by molar-refractivity contribution is -0.870. The maximum Gasteiger partial charge on any atom is 0.472 e. The van der Waals surface area contributed by atoms with Gasteiger partial charge in [-0.05, 0) is 63.9 Å². The highest BCUT2D eigenvalue weighted by Crippen LogP contribution is 2.43. The van der Waals surface area contributed by atoms with E-state index in [2.05, 4.69) is 56.5 Å². The van der Waals surface area contributed by atoms with Crippen molar-refractivity contribution in [1.82, 2.24) is 5.32 Å². The van der Waals surface area contributed by atoms with Gasteiger partial charge in [-0.1, -0.05) is 366 Å². The lowest BCUT2D eigenvalue weighted by Crippen LogP contribution is -2.47. The van der Waals surface area contributed by atoms with Gasteiger partial charge >= 0.3 is 13.8 Å². The minimum absolute atomic E-state index is 0.0440. The number of amides is 1. The normalized spacial score (nSPS) is 13.6. The minimum atomic E-state index is -4.45. The Morgan fingerprint density at radius 3 is 1.03 bits per heavy atom. The molecule has 0 bridgehead atoms. The van der Waals surface area contributed by atoms with Crippen LogP contribution in [0.3, 0.4) is 0 Å². The molecule has 0 saturated carbocycles. The highest BCUT2D eigenvalue weighted by Gasteiger charge is 2.30. The number of hydrogen-bond donors (Lipinski definition) is 2. The van der Waals surface area contributed by atoms with E-state index in [4.69, 9.17) is 13.8 Å². The molecule has 0 rings (SSSR count). The van der Waals surface area contributed by atoms with Crippen LogP contribution in [0.2, 0.25) is 0 Å². The number of ether oxygens (including phenoxy) is 1. The zero-order valence-electron chi connectivity index (χ0n) is 60.5. The fraction of sp³-hybridized carbons (Fsp3) is 0.899. The summed E-state index contributed by atoms with van der Waals surface area (Å²) in [6.07, 6.45) is 87.5. The molecule has 0 saturated heterocycles. The van der Waals surface area contributed by atoms with Crippen LogP contribution in [0, 0.1) is 0 Å². The topological polar surface area (TPSA) is 111 Å². The molecule has 0 aliphatic carbocycles. The van der Waals surface area contributed by atoms with Gasteiger partial charge in [-0.2, -0.15) is 0 Å². The van der Waals surface area contributed by atoms with Gasteiger partial charge in [0, 0.05) is 12.8 Å². The minimum Gasteiger partial charge on any atom is -0.456 e. The Balaban J connectivity index is 4.95. The molecule has 1 amide bonds. The number of quaternary nitrogens is 1. The number of rotatable bonds is 73. The Hall–Kier alpha value is -1.77. The predicted octanol–water partition coefficient (Wildman–Crippen LogP) is 25.4. The second kappa shape index (κ2) is 69.1. The predicted molar refractivity (Wildman–Crippen MR) is 388 cm³/mol. The van der Waals surface area contributed by atoms with Gasteiger partial charge in [0.15, 0.2) is 0 Å². The SMILES string of the molecule is CCCCC/C=C\C/C=C\CCCCCCCCCCCCCCCCCC(=O)OC(/C=C/CCCCCCCCCCCCC)C(COP(=O)(O)OCC[N+](C)(C)C)NC(=O)CCCCCCCCCCCCCCCCCCCCCCCCCCC. The van der Waals surface area contributed by atoms with E-state index >= 15 is 0 Å². The first kappa shape index (κ1) is 87.2. The third-order valence-corrected chi connectivity index (χ3v) is 19.1. The molecule has 89 heavy (non-hydrogen) atoms. The molecule has 0 radical (unpaired) electrons. The van der Waals surface area contributed by atoms with Crippen LogP contribution in [0.15, 0.2) is 36.5 Å².